The summed E-state index contributed by atoms with van der Waals surface area (Å²) in [6, 6.07) is 17.6. The highest BCUT2D eigenvalue weighted by Crippen LogP contribution is 2.22. The molecule has 0 radical (unpaired) electrons. The van der Waals surface area contributed by atoms with Crippen LogP contribution >= 0.6 is 0 Å². The van der Waals surface area contributed by atoms with Gasteiger partial charge in [-0.1, -0.05) is 36.4 Å². The number of rotatable bonds is 5. The van der Waals surface area contributed by atoms with Crippen LogP contribution in [-0.4, -0.2) is 28.5 Å². The van der Waals surface area contributed by atoms with Crippen molar-refractivity contribution in [1.82, 2.24) is 14.9 Å². The number of aryl methyl sites for hydroxylation is 1. The molecule has 1 unspecified atom stereocenters. The molecule has 0 saturated heterocycles. The van der Waals surface area contributed by atoms with Gasteiger partial charge in [0.25, 0.3) is 0 Å². The summed E-state index contributed by atoms with van der Waals surface area (Å²) in [5.41, 5.74) is 4.88. The van der Waals surface area contributed by atoms with E-state index in [0.717, 1.165) is 29.8 Å². The third-order valence-electron chi connectivity index (χ3n) is 4.36. The van der Waals surface area contributed by atoms with Crippen molar-refractivity contribution in [2.24, 2.45) is 0 Å². The van der Waals surface area contributed by atoms with Gasteiger partial charge in [-0.2, -0.15) is 0 Å². The molecule has 0 aliphatic heterocycles. The first-order chi connectivity index (χ1) is 10.6. The topological polar surface area (TPSA) is 31.9 Å². The molecule has 0 saturated carbocycles. The standard InChI is InChI=1S/C19H23N3/c1-14(22(3)12-11-16-7-5-4-6-8-16)17-9-10-18-19(13-17)21-15(2)20-18/h4-10,13-14H,11-12H2,1-3H3,(H,20,21). The Kier molecular flexibility index (Phi) is 4.25. The average Bonchev–Trinajstić information content (AvgIpc) is 2.92. The molecule has 0 amide bonds. The highest BCUT2D eigenvalue weighted by molar-refractivity contribution is 5.75. The van der Waals surface area contributed by atoms with Crippen molar-refractivity contribution < 1.29 is 0 Å². The van der Waals surface area contributed by atoms with E-state index in [-0.39, 0.29) is 0 Å². The maximum absolute atomic E-state index is 4.47. The monoisotopic (exact) mass is 293 g/mol. The van der Waals surface area contributed by atoms with E-state index in [1.807, 2.05) is 6.92 Å². The Bertz CT molecular complexity index is 746. The summed E-state index contributed by atoms with van der Waals surface area (Å²) in [4.78, 5) is 10.2. The molecule has 114 valence electrons. The van der Waals surface area contributed by atoms with Gasteiger partial charge in [0, 0.05) is 12.6 Å². The molecule has 22 heavy (non-hydrogen) atoms. The van der Waals surface area contributed by atoms with Crippen LogP contribution in [0.15, 0.2) is 48.5 Å². The molecular weight excluding hydrogens is 270 g/mol. The highest BCUT2D eigenvalue weighted by Gasteiger charge is 2.12. The van der Waals surface area contributed by atoms with Crippen molar-refractivity contribution in [3.8, 4) is 0 Å². The average molecular weight is 293 g/mol. The summed E-state index contributed by atoms with van der Waals surface area (Å²) in [5.74, 6) is 0.970. The van der Waals surface area contributed by atoms with E-state index in [4.69, 9.17) is 0 Å². The van der Waals surface area contributed by atoms with Crippen molar-refractivity contribution in [3.63, 3.8) is 0 Å². The van der Waals surface area contributed by atoms with Crippen LogP contribution in [0.1, 0.15) is 29.9 Å². The number of nitrogens with one attached hydrogen (secondary N) is 1. The normalized spacial score (nSPS) is 12.9. The van der Waals surface area contributed by atoms with Crippen LogP contribution in [0.25, 0.3) is 11.0 Å². The maximum Gasteiger partial charge on any atom is 0.104 e. The van der Waals surface area contributed by atoms with Crippen LogP contribution in [0, 0.1) is 6.92 Å². The second-order valence-corrected chi connectivity index (χ2v) is 5.99. The van der Waals surface area contributed by atoms with E-state index in [9.17, 15) is 0 Å². The molecule has 3 nitrogen and oxygen atoms in total. The highest BCUT2D eigenvalue weighted by atomic mass is 15.1. The number of fused-ring (bicyclic) bond motifs is 1. The molecular formula is C19H23N3. The van der Waals surface area contributed by atoms with E-state index in [1.54, 1.807) is 0 Å². The van der Waals surface area contributed by atoms with Gasteiger partial charge in [-0.05, 0) is 50.6 Å². The molecule has 1 heterocycles. The lowest BCUT2D eigenvalue weighted by Crippen LogP contribution is -2.24. The minimum absolute atomic E-state index is 0.386. The molecule has 0 spiro atoms. The Morgan fingerprint density at radius 1 is 1.14 bits per heavy atom. The first-order valence-electron chi connectivity index (χ1n) is 7.84. The third kappa shape index (κ3) is 3.20. The van der Waals surface area contributed by atoms with Gasteiger partial charge < -0.3 is 4.98 Å². The number of benzene rings is 2. The minimum atomic E-state index is 0.386. The van der Waals surface area contributed by atoms with Crippen LogP contribution in [0.4, 0.5) is 0 Å². The molecule has 0 bridgehead atoms. The second-order valence-electron chi connectivity index (χ2n) is 5.99. The number of hydrogen-bond donors (Lipinski definition) is 1. The fraction of sp³-hybridized carbons (Fsp3) is 0.316. The van der Waals surface area contributed by atoms with Crippen LogP contribution in [0.3, 0.4) is 0 Å². The Hall–Kier alpha value is -2.13. The van der Waals surface area contributed by atoms with E-state index in [2.05, 4.69) is 77.4 Å². The lowest BCUT2D eigenvalue weighted by atomic mass is 10.1. The van der Waals surface area contributed by atoms with Crippen LogP contribution in [0.2, 0.25) is 0 Å². The summed E-state index contributed by atoms with van der Waals surface area (Å²) in [6.45, 7) is 5.30. The Labute approximate surface area is 132 Å². The largest absolute Gasteiger partial charge is 0.342 e. The van der Waals surface area contributed by atoms with Gasteiger partial charge in [-0.15, -0.1) is 0 Å². The van der Waals surface area contributed by atoms with Crippen molar-refractivity contribution >= 4 is 11.0 Å². The SMILES string of the molecule is Cc1nc2ccc(C(C)N(C)CCc3ccccc3)cc2[nH]1. The predicted octanol–water partition coefficient (Wildman–Crippen LogP) is 4.11. The number of likely N-dealkylation sites (N-methyl/N-ethyl adjacent to an activating group) is 1. The zero-order chi connectivity index (χ0) is 15.5. The van der Waals surface area contributed by atoms with Gasteiger partial charge in [0.1, 0.15) is 5.82 Å². The van der Waals surface area contributed by atoms with E-state index < -0.39 is 0 Å². The smallest absolute Gasteiger partial charge is 0.104 e. The Morgan fingerprint density at radius 3 is 2.68 bits per heavy atom. The van der Waals surface area contributed by atoms with Gasteiger partial charge in [0.15, 0.2) is 0 Å². The molecule has 2 aromatic carbocycles. The van der Waals surface area contributed by atoms with E-state index in [0.29, 0.717) is 6.04 Å². The quantitative estimate of drug-likeness (QED) is 0.768. The summed E-state index contributed by atoms with van der Waals surface area (Å²) >= 11 is 0. The van der Waals surface area contributed by atoms with Gasteiger partial charge >= 0.3 is 0 Å². The molecule has 3 aromatic rings. The number of imidazole rings is 1. The van der Waals surface area contributed by atoms with E-state index in [1.165, 1.54) is 11.1 Å². The zero-order valence-electron chi connectivity index (χ0n) is 13.5. The maximum atomic E-state index is 4.47. The van der Waals surface area contributed by atoms with Gasteiger partial charge in [-0.3, -0.25) is 4.90 Å². The summed E-state index contributed by atoms with van der Waals surface area (Å²) in [7, 11) is 2.19. The molecule has 3 heteroatoms. The molecule has 1 N–H and O–H groups in total. The Balaban J connectivity index is 1.69. The number of H-pyrrole nitrogens is 1. The van der Waals surface area contributed by atoms with Gasteiger partial charge in [-0.25, -0.2) is 4.98 Å². The summed E-state index contributed by atoms with van der Waals surface area (Å²) < 4.78 is 0. The fourth-order valence-electron chi connectivity index (χ4n) is 2.81. The first-order valence-corrected chi connectivity index (χ1v) is 7.84. The van der Waals surface area contributed by atoms with E-state index >= 15 is 0 Å². The van der Waals surface area contributed by atoms with Gasteiger partial charge in [0.05, 0.1) is 11.0 Å². The number of nitrogens with zero attached hydrogens (tertiary/aromatic N) is 2. The molecule has 3 rings (SSSR count). The molecule has 1 atom stereocenters. The fourth-order valence-corrected chi connectivity index (χ4v) is 2.81. The zero-order valence-corrected chi connectivity index (χ0v) is 13.5. The van der Waals surface area contributed by atoms with Crippen molar-refractivity contribution in [3.05, 3.63) is 65.5 Å². The molecule has 1 aromatic heterocycles. The number of aromatic amines is 1. The second kappa shape index (κ2) is 6.32. The minimum Gasteiger partial charge on any atom is -0.342 e. The van der Waals surface area contributed by atoms with Gasteiger partial charge in [0.2, 0.25) is 0 Å². The molecule has 0 aliphatic carbocycles. The lowest BCUT2D eigenvalue weighted by Gasteiger charge is -2.25. The lowest BCUT2D eigenvalue weighted by molar-refractivity contribution is 0.265. The Morgan fingerprint density at radius 2 is 1.91 bits per heavy atom. The third-order valence-corrected chi connectivity index (χ3v) is 4.36. The molecule has 0 aliphatic rings. The number of aromatic nitrogens is 2. The number of hydrogen-bond acceptors (Lipinski definition) is 2. The summed E-state index contributed by atoms with van der Waals surface area (Å²) in [6.07, 6.45) is 1.08. The van der Waals surface area contributed by atoms with Crippen molar-refractivity contribution in [1.29, 1.82) is 0 Å². The molecule has 0 fully saturated rings. The van der Waals surface area contributed by atoms with Crippen molar-refractivity contribution in [2.75, 3.05) is 13.6 Å². The first kappa shape index (κ1) is 14.8. The summed E-state index contributed by atoms with van der Waals surface area (Å²) in [5, 5.41) is 0. The van der Waals surface area contributed by atoms with Crippen LogP contribution in [-0.2, 0) is 6.42 Å². The van der Waals surface area contributed by atoms with Crippen molar-refractivity contribution in [2.45, 2.75) is 26.3 Å². The van der Waals surface area contributed by atoms with Crippen LogP contribution in [0.5, 0.6) is 0 Å². The predicted molar refractivity (Wildman–Crippen MR) is 92.0 cm³/mol. The van der Waals surface area contributed by atoms with Crippen LogP contribution < -0.4 is 0 Å².